The Hall–Kier alpha value is -3.17. The van der Waals surface area contributed by atoms with Crippen LogP contribution in [-0.4, -0.2) is 38.3 Å². The monoisotopic (exact) mass is 404 g/mol. The Morgan fingerprint density at radius 2 is 1.90 bits per heavy atom. The van der Waals surface area contributed by atoms with Crippen LogP contribution < -0.4 is 10.6 Å². The number of amides is 1. The molecular weight excluding hydrogens is 385 g/mol. The summed E-state index contributed by atoms with van der Waals surface area (Å²) in [5, 5.41) is 0. The molecule has 152 valence electrons. The highest BCUT2D eigenvalue weighted by molar-refractivity contribution is 5.80. The van der Waals surface area contributed by atoms with E-state index in [9.17, 15) is 18.0 Å². The normalized spacial score (nSPS) is 16.9. The highest BCUT2D eigenvalue weighted by Gasteiger charge is 2.35. The maximum atomic E-state index is 13.1. The lowest BCUT2D eigenvalue weighted by Crippen LogP contribution is -2.45. The van der Waals surface area contributed by atoms with Crippen LogP contribution in [-0.2, 0) is 11.0 Å². The number of imidazole rings is 1. The van der Waals surface area contributed by atoms with Gasteiger partial charge in [-0.3, -0.25) is 9.20 Å². The van der Waals surface area contributed by atoms with Crippen molar-refractivity contribution in [3.05, 3.63) is 42.4 Å². The molecule has 0 radical (unpaired) electrons. The summed E-state index contributed by atoms with van der Waals surface area (Å²) in [6.07, 6.45) is 0.756. The van der Waals surface area contributed by atoms with Crippen LogP contribution in [0.4, 0.5) is 19.0 Å². The standard InChI is InChI=1S/C19H19F3N6O/c1-18(17(23)29)5-8-27(9-6-18)15-4-7-24-16(26-15)13-10-25-14-3-2-12(11-28(13)14)19(20,21)22/h2-4,7,10-11H,5-6,8-9H2,1H3,(H2,23,29). The molecule has 3 aromatic heterocycles. The number of alkyl halides is 3. The second kappa shape index (κ2) is 6.71. The first-order chi connectivity index (χ1) is 13.7. The van der Waals surface area contributed by atoms with Gasteiger partial charge in [-0.2, -0.15) is 13.2 Å². The molecule has 3 aromatic rings. The molecule has 0 saturated carbocycles. The van der Waals surface area contributed by atoms with Crippen molar-refractivity contribution < 1.29 is 18.0 Å². The van der Waals surface area contributed by atoms with Crippen molar-refractivity contribution in [3.8, 4) is 11.5 Å². The van der Waals surface area contributed by atoms with E-state index >= 15 is 0 Å². The van der Waals surface area contributed by atoms with Gasteiger partial charge in [0.1, 0.15) is 17.2 Å². The Morgan fingerprint density at radius 1 is 1.17 bits per heavy atom. The molecule has 0 atom stereocenters. The number of rotatable bonds is 3. The fourth-order valence-electron chi connectivity index (χ4n) is 3.44. The first-order valence-electron chi connectivity index (χ1n) is 9.10. The summed E-state index contributed by atoms with van der Waals surface area (Å²) in [7, 11) is 0. The van der Waals surface area contributed by atoms with E-state index in [1.54, 1.807) is 12.3 Å². The number of halogens is 3. The molecule has 2 N–H and O–H groups in total. The molecule has 29 heavy (non-hydrogen) atoms. The SMILES string of the molecule is CC1(C(N)=O)CCN(c2ccnc(-c3cnc4ccc(C(F)(F)F)cn34)n2)CC1. The average molecular weight is 404 g/mol. The molecule has 0 aliphatic carbocycles. The van der Waals surface area contributed by atoms with E-state index in [-0.39, 0.29) is 11.7 Å². The van der Waals surface area contributed by atoms with Gasteiger partial charge in [0.15, 0.2) is 5.82 Å². The quantitative estimate of drug-likeness (QED) is 0.725. The van der Waals surface area contributed by atoms with Crippen LogP contribution in [0, 0.1) is 5.41 Å². The van der Waals surface area contributed by atoms with Gasteiger partial charge in [0.05, 0.1) is 11.8 Å². The summed E-state index contributed by atoms with van der Waals surface area (Å²) in [4.78, 5) is 26.6. The van der Waals surface area contributed by atoms with Gasteiger partial charge < -0.3 is 10.6 Å². The average Bonchev–Trinajstić information content (AvgIpc) is 3.11. The van der Waals surface area contributed by atoms with Crippen LogP contribution in [0.15, 0.2) is 36.8 Å². The second-order valence-corrected chi connectivity index (χ2v) is 7.44. The molecule has 4 rings (SSSR count). The third kappa shape index (κ3) is 3.50. The number of piperidine rings is 1. The number of primary amides is 1. The number of fused-ring (bicyclic) bond motifs is 1. The summed E-state index contributed by atoms with van der Waals surface area (Å²) in [5.41, 5.74) is 4.92. The minimum Gasteiger partial charge on any atom is -0.369 e. The van der Waals surface area contributed by atoms with Gasteiger partial charge in [0.2, 0.25) is 5.91 Å². The number of hydrogen-bond acceptors (Lipinski definition) is 5. The molecule has 1 aliphatic heterocycles. The fourth-order valence-corrected chi connectivity index (χ4v) is 3.44. The number of anilines is 1. The Morgan fingerprint density at radius 3 is 2.55 bits per heavy atom. The van der Waals surface area contributed by atoms with Gasteiger partial charge in [-0.25, -0.2) is 15.0 Å². The van der Waals surface area contributed by atoms with E-state index in [0.717, 1.165) is 12.3 Å². The van der Waals surface area contributed by atoms with E-state index in [4.69, 9.17) is 5.73 Å². The summed E-state index contributed by atoms with van der Waals surface area (Å²) < 4.78 is 40.6. The van der Waals surface area contributed by atoms with Crippen molar-refractivity contribution in [2.75, 3.05) is 18.0 Å². The number of pyridine rings is 1. The molecule has 0 aromatic carbocycles. The number of carbonyl (C=O) groups is 1. The zero-order chi connectivity index (χ0) is 20.8. The smallest absolute Gasteiger partial charge is 0.369 e. The third-order valence-corrected chi connectivity index (χ3v) is 5.49. The van der Waals surface area contributed by atoms with Crippen molar-refractivity contribution in [2.45, 2.75) is 25.9 Å². The van der Waals surface area contributed by atoms with E-state index in [2.05, 4.69) is 15.0 Å². The summed E-state index contributed by atoms with van der Waals surface area (Å²) in [5.74, 6) is 0.604. The third-order valence-electron chi connectivity index (χ3n) is 5.49. The summed E-state index contributed by atoms with van der Waals surface area (Å²) >= 11 is 0. The Balaban J connectivity index is 1.65. The molecule has 1 amide bonds. The zero-order valence-corrected chi connectivity index (χ0v) is 15.6. The van der Waals surface area contributed by atoms with Gasteiger partial charge in [0.25, 0.3) is 0 Å². The first-order valence-corrected chi connectivity index (χ1v) is 9.10. The van der Waals surface area contributed by atoms with E-state index in [1.807, 2.05) is 11.8 Å². The lowest BCUT2D eigenvalue weighted by atomic mass is 9.80. The van der Waals surface area contributed by atoms with Gasteiger partial charge >= 0.3 is 6.18 Å². The zero-order valence-electron chi connectivity index (χ0n) is 15.6. The summed E-state index contributed by atoms with van der Waals surface area (Å²) in [6, 6.07) is 4.04. The topological polar surface area (TPSA) is 89.4 Å². The predicted octanol–water partition coefficient (Wildman–Crippen LogP) is 2.90. The molecule has 1 fully saturated rings. The van der Waals surface area contributed by atoms with E-state index in [0.29, 0.717) is 43.1 Å². The minimum atomic E-state index is -4.46. The predicted molar refractivity (Wildman–Crippen MR) is 100.0 cm³/mol. The number of carbonyl (C=O) groups excluding carboxylic acids is 1. The van der Waals surface area contributed by atoms with Gasteiger partial charge in [-0.15, -0.1) is 0 Å². The van der Waals surface area contributed by atoms with Crippen molar-refractivity contribution in [2.24, 2.45) is 11.1 Å². The lowest BCUT2D eigenvalue weighted by molar-refractivity contribution is -0.137. The Kier molecular flexibility index (Phi) is 4.44. The van der Waals surface area contributed by atoms with Gasteiger partial charge in [0, 0.05) is 30.9 Å². The molecule has 0 spiro atoms. The van der Waals surface area contributed by atoms with Crippen molar-refractivity contribution in [1.29, 1.82) is 0 Å². The maximum absolute atomic E-state index is 13.1. The van der Waals surface area contributed by atoms with Crippen LogP contribution in [0.25, 0.3) is 17.2 Å². The molecule has 1 saturated heterocycles. The van der Waals surface area contributed by atoms with Crippen molar-refractivity contribution >= 4 is 17.4 Å². The molecule has 0 unspecified atom stereocenters. The second-order valence-electron chi connectivity index (χ2n) is 7.44. The maximum Gasteiger partial charge on any atom is 0.417 e. The van der Waals surface area contributed by atoms with Crippen LogP contribution in [0.2, 0.25) is 0 Å². The molecule has 0 bridgehead atoms. The fraction of sp³-hybridized carbons (Fsp3) is 0.368. The van der Waals surface area contributed by atoms with Crippen LogP contribution >= 0.6 is 0 Å². The molecule has 4 heterocycles. The Labute approximate surface area is 164 Å². The van der Waals surface area contributed by atoms with Gasteiger partial charge in [-0.05, 0) is 31.0 Å². The largest absolute Gasteiger partial charge is 0.417 e. The summed E-state index contributed by atoms with van der Waals surface area (Å²) in [6.45, 7) is 3.05. The molecular formula is C19H19F3N6O. The number of hydrogen-bond donors (Lipinski definition) is 1. The Bertz CT molecular complexity index is 1070. The lowest BCUT2D eigenvalue weighted by Gasteiger charge is -2.37. The highest BCUT2D eigenvalue weighted by Crippen LogP contribution is 2.33. The first kappa shape index (κ1) is 19.2. The minimum absolute atomic E-state index is 0.276. The number of aromatic nitrogens is 4. The highest BCUT2D eigenvalue weighted by atomic mass is 19.4. The van der Waals surface area contributed by atoms with E-state index < -0.39 is 17.2 Å². The molecule has 1 aliphatic rings. The van der Waals surface area contributed by atoms with Crippen LogP contribution in [0.5, 0.6) is 0 Å². The molecule has 7 nitrogen and oxygen atoms in total. The van der Waals surface area contributed by atoms with Crippen molar-refractivity contribution in [1.82, 2.24) is 19.4 Å². The van der Waals surface area contributed by atoms with Crippen molar-refractivity contribution in [3.63, 3.8) is 0 Å². The van der Waals surface area contributed by atoms with E-state index in [1.165, 1.54) is 16.7 Å². The van der Waals surface area contributed by atoms with Crippen LogP contribution in [0.1, 0.15) is 25.3 Å². The van der Waals surface area contributed by atoms with Gasteiger partial charge in [-0.1, -0.05) is 6.92 Å². The van der Waals surface area contributed by atoms with Crippen LogP contribution in [0.3, 0.4) is 0 Å². The number of nitrogens with zero attached hydrogens (tertiary/aromatic N) is 5. The number of nitrogens with two attached hydrogens (primary N) is 1. The molecule has 10 heteroatoms.